The van der Waals surface area contributed by atoms with Crippen molar-refractivity contribution >= 4 is 0 Å². The van der Waals surface area contributed by atoms with Crippen LogP contribution in [0.25, 0.3) is 0 Å². The second-order valence-corrected chi connectivity index (χ2v) is 11.1. The number of phenolic OH excluding ortho intramolecular Hbond substituents is 2. The molecular weight excluding hydrogens is 380 g/mol. The molecule has 0 heterocycles. The largest absolute Gasteiger partial charge is 0.507 e. The molecule has 1 aromatic carbocycles. The van der Waals surface area contributed by atoms with E-state index >= 15 is 0 Å². The average molecular weight is 433 g/mol. The Morgan fingerprint density at radius 2 is 0.903 bits per heavy atom. The lowest BCUT2D eigenvalue weighted by Gasteiger charge is -2.18. The molecule has 3 unspecified atom stereocenters. The molecule has 0 bridgehead atoms. The lowest BCUT2D eigenvalue weighted by atomic mass is 9.89. The van der Waals surface area contributed by atoms with Crippen molar-refractivity contribution in [3.8, 4) is 11.5 Å². The highest BCUT2D eigenvalue weighted by Gasteiger charge is 2.17. The van der Waals surface area contributed by atoms with E-state index in [0.717, 1.165) is 52.8 Å². The van der Waals surface area contributed by atoms with E-state index in [1.165, 1.54) is 57.8 Å². The van der Waals surface area contributed by atoms with Gasteiger partial charge in [0.1, 0.15) is 11.5 Å². The first-order valence-electron chi connectivity index (χ1n) is 13.0. The van der Waals surface area contributed by atoms with Gasteiger partial charge < -0.3 is 10.2 Å². The van der Waals surface area contributed by atoms with Gasteiger partial charge in [-0.05, 0) is 74.0 Å². The number of hydrogen-bond donors (Lipinski definition) is 2. The molecule has 180 valence electrons. The highest BCUT2D eigenvalue weighted by Crippen LogP contribution is 2.37. The van der Waals surface area contributed by atoms with E-state index in [1.807, 2.05) is 20.8 Å². The molecule has 0 aromatic heterocycles. The molecule has 0 fully saturated rings. The minimum absolute atomic E-state index is 0.348. The molecule has 0 saturated heterocycles. The number of rotatable bonds is 15. The second kappa shape index (κ2) is 14.1. The lowest BCUT2D eigenvalue weighted by Crippen LogP contribution is -2.03. The normalized spacial score (nSPS) is 14.7. The van der Waals surface area contributed by atoms with Gasteiger partial charge in [-0.3, -0.25) is 0 Å². The van der Waals surface area contributed by atoms with Crippen molar-refractivity contribution in [3.05, 3.63) is 22.3 Å². The van der Waals surface area contributed by atoms with E-state index in [2.05, 4.69) is 34.6 Å². The van der Waals surface area contributed by atoms with Gasteiger partial charge in [-0.15, -0.1) is 0 Å². The maximum Gasteiger partial charge on any atom is 0.122 e. The number of phenols is 2. The fourth-order valence-corrected chi connectivity index (χ4v) is 4.82. The van der Waals surface area contributed by atoms with Crippen LogP contribution in [0.15, 0.2) is 0 Å². The minimum atomic E-state index is 0.348. The molecule has 0 aliphatic rings. The van der Waals surface area contributed by atoms with Crippen molar-refractivity contribution in [3.63, 3.8) is 0 Å². The number of aromatic hydroxyl groups is 2. The summed E-state index contributed by atoms with van der Waals surface area (Å²) in [6, 6.07) is 0. The zero-order chi connectivity index (χ0) is 23.6. The van der Waals surface area contributed by atoms with Crippen LogP contribution in [-0.4, -0.2) is 10.2 Å². The third kappa shape index (κ3) is 9.87. The standard InChI is InChI=1S/C29H52O2/c1-20(2)12-9-13-21(3)14-10-15-22(4)16-11-17-23(5)18-19-27-26(8)28(30)24(6)25(7)29(27)31/h20-23,30-31H,9-19H2,1-8H3. The van der Waals surface area contributed by atoms with Crippen LogP contribution < -0.4 is 0 Å². The van der Waals surface area contributed by atoms with E-state index in [9.17, 15) is 10.2 Å². The smallest absolute Gasteiger partial charge is 0.122 e. The van der Waals surface area contributed by atoms with E-state index in [-0.39, 0.29) is 0 Å². The van der Waals surface area contributed by atoms with Gasteiger partial charge in [0.05, 0.1) is 0 Å². The van der Waals surface area contributed by atoms with Crippen LogP contribution in [0.1, 0.15) is 121 Å². The zero-order valence-electron chi connectivity index (χ0n) is 22.0. The van der Waals surface area contributed by atoms with Crippen molar-refractivity contribution in [2.45, 2.75) is 126 Å². The molecule has 2 nitrogen and oxygen atoms in total. The Morgan fingerprint density at radius 3 is 1.35 bits per heavy atom. The Hall–Kier alpha value is -1.18. The number of hydrogen-bond acceptors (Lipinski definition) is 2. The van der Waals surface area contributed by atoms with E-state index in [1.54, 1.807) is 0 Å². The fraction of sp³-hybridized carbons (Fsp3) is 0.793. The van der Waals surface area contributed by atoms with Gasteiger partial charge in [-0.2, -0.15) is 0 Å². The van der Waals surface area contributed by atoms with Crippen molar-refractivity contribution in [1.82, 2.24) is 0 Å². The monoisotopic (exact) mass is 432 g/mol. The molecule has 2 N–H and O–H groups in total. The topological polar surface area (TPSA) is 40.5 Å². The van der Waals surface area contributed by atoms with Gasteiger partial charge >= 0.3 is 0 Å². The van der Waals surface area contributed by atoms with Crippen LogP contribution in [0, 0.1) is 44.4 Å². The molecule has 0 aliphatic carbocycles. The van der Waals surface area contributed by atoms with Gasteiger partial charge in [0.2, 0.25) is 0 Å². The van der Waals surface area contributed by atoms with Gasteiger partial charge in [0.15, 0.2) is 0 Å². The van der Waals surface area contributed by atoms with Gasteiger partial charge in [0, 0.05) is 5.56 Å². The van der Waals surface area contributed by atoms with Crippen LogP contribution in [0.5, 0.6) is 11.5 Å². The molecule has 0 spiro atoms. The van der Waals surface area contributed by atoms with Crippen molar-refractivity contribution in [1.29, 1.82) is 0 Å². The van der Waals surface area contributed by atoms with Crippen LogP contribution in [0.4, 0.5) is 0 Å². The maximum atomic E-state index is 10.5. The summed E-state index contributed by atoms with van der Waals surface area (Å²) < 4.78 is 0. The summed E-state index contributed by atoms with van der Waals surface area (Å²) in [6.07, 6.45) is 14.1. The highest BCUT2D eigenvalue weighted by molar-refractivity contribution is 5.56. The molecule has 2 heteroatoms. The molecule has 0 amide bonds. The van der Waals surface area contributed by atoms with Crippen molar-refractivity contribution < 1.29 is 10.2 Å². The first kappa shape index (κ1) is 27.9. The molecule has 1 rings (SSSR count). The van der Waals surface area contributed by atoms with E-state index in [4.69, 9.17) is 0 Å². The highest BCUT2D eigenvalue weighted by atomic mass is 16.3. The third-order valence-corrected chi connectivity index (χ3v) is 7.52. The molecule has 1 aromatic rings. The first-order chi connectivity index (χ1) is 14.5. The molecule has 3 atom stereocenters. The maximum absolute atomic E-state index is 10.5. The third-order valence-electron chi connectivity index (χ3n) is 7.52. The van der Waals surface area contributed by atoms with Crippen LogP contribution in [0.2, 0.25) is 0 Å². The Kier molecular flexibility index (Phi) is 12.6. The number of benzene rings is 1. The molecule has 0 radical (unpaired) electrons. The summed E-state index contributed by atoms with van der Waals surface area (Å²) in [6.45, 7) is 17.5. The SMILES string of the molecule is Cc1c(C)c(O)c(CCC(C)CCCC(C)CCCC(C)CCCC(C)C)c(C)c1O. The second-order valence-electron chi connectivity index (χ2n) is 11.1. The first-order valence-corrected chi connectivity index (χ1v) is 13.0. The molecule has 31 heavy (non-hydrogen) atoms. The minimum Gasteiger partial charge on any atom is -0.507 e. The summed E-state index contributed by atoms with van der Waals surface area (Å²) in [5, 5.41) is 20.8. The van der Waals surface area contributed by atoms with E-state index < -0.39 is 0 Å². The average Bonchev–Trinajstić information content (AvgIpc) is 2.70. The van der Waals surface area contributed by atoms with Gasteiger partial charge in [-0.25, -0.2) is 0 Å². The van der Waals surface area contributed by atoms with Crippen molar-refractivity contribution in [2.24, 2.45) is 23.7 Å². The lowest BCUT2D eigenvalue weighted by molar-refractivity contribution is 0.373. The van der Waals surface area contributed by atoms with Gasteiger partial charge in [0.25, 0.3) is 0 Å². The summed E-state index contributed by atoms with van der Waals surface area (Å²) in [5.74, 6) is 3.94. The van der Waals surface area contributed by atoms with E-state index in [0.29, 0.717) is 17.4 Å². The van der Waals surface area contributed by atoms with Crippen molar-refractivity contribution in [2.75, 3.05) is 0 Å². The molecule has 0 aliphatic heterocycles. The Balaban J connectivity index is 2.25. The summed E-state index contributed by atoms with van der Waals surface area (Å²) in [4.78, 5) is 0. The van der Waals surface area contributed by atoms with Crippen LogP contribution >= 0.6 is 0 Å². The predicted octanol–water partition coefficient (Wildman–Crippen LogP) is 9.03. The quantitative estimate of drug-likeness (QED) is 0.271. The molecule has 0 saturated carbocycles. The predicted molar refractivity (Wildman–Crippen MR) is 136 cm³/mol. The Bertz CT molecular complexity index is 618. The Labute approximate surface area is 193 Å². The summed E-state index contributed by atoms with van der Waals surface area (Å²) in [7, 11) is 0. The van der Waals surface area contributed by atoms with Crippen LogP contribution in [0.3, 0.4) is 0 Å². The summed E-state index contributed by atoms with van der Waals surface area (Å²) in [5.41, 5.74) is 3.39. The van der Waals surface area contributed by atoms with Crippen LogP contribution in [-0.2, 0) is 6.42 Å². The molecular formula is C29H52O2. The summed E-state index contributed by atoms with van der Waals surface area (Å²) >= 11 is 0. The zero-order valence-corrected chi connectivity index (χ0v) is 22.0. The Morgan fingerprint density at radius 1 is 0.516 bits per heavy atom. The fourth-order valence-electron chi connectivity index (χ4n) is 4.82. The van der Waals surface area contributed by atoms with Gasteiger partial charge in [-0.1, -0.05) is 92.4 Å².